The number of aromatic amines is 1. The molecule has 0 unspecified atom stereocenters. The van der Waals surface area contributed by atoms with Gasteiger partial charge in [-0.05, 0) is 6.07 Å². The summed E-state index contributed by atoms with van der Waals surface area (Å²) in [4.78, 5) is 19.7. The van der Waals surface area contributed by atoms with Gasteiger partial charge in [-0.15, -0.1) is 11.3 Å². The van der Waals surface area contributed by atoms with Crippen LogP contribution in [0.5, 0.6) is 0 Å². The number of thiazole rings is 1. The minimum Gasteiger partial charge on any atom is -0.356 e. The molecule has 0 aromatic carbocycles. The van der Waals surface area contributed by atoms with E-state index in [2.05, 4.69) is 29.1 Å². The number of hydrogen-bond donors (Lipinski definition) is 2. The standard InChI is InChI=1S/C16H22N4O3S3/c1-11(2)16-19-12(10-25-16)8-18-15(21)14-7-13(9-17-14)26(22,23)20-3-5-24-6-4-20/h7,9-11,17H,3-6,8H2,1-2H3,(H,18,21). The van der Waals surface area contributed by atoms with Crippen molar-refractivity contribution in [3.8, 4) is 0 Å². The maximum atomic E-state index is 12.6. The van der Waals surface area contributed by atoms with Gasteiger partial charge >= 0.3 is 0 Å². The van der Waals surface area contributed by atoms with Gasteiger partial charge in [0.25, 0.3) is 5.91 Å². The molecule has 0 spiro atoms. The lowest BCUT2D eigenvalue weighted by Crippen LogP contribution is -2.37. The van der Waals surface area contributed by atoms with Gasteiger partial charge in [0.05, 0.1) is 17.2 Å². The van der Waals surface area contributed by atoms with Crippen LogP contribution in [0.1, 0.15) is 41.0 Å². The monoisotopic (exact) mass is 414 g/mol. The van der Waals surface area contributed by atoms with Gasteiger partial charge in [-0.2, -0.15) is 16.1 Å². The van der Waals surface area contributed by atoms with Crippen LogP contribution in [-0.2, 0) is 16.6 Å². The van der Waals surface area contributed by atoms with Crippen LogP contribution in [-0.4, -0.2) is 53.2 Å². The Kier molecular flexibility index (Phi) is 6.06. The summed E-state index contributed by atoms with van der Waals surface area (Å²) in [5, 5.41) is 5.73. The lowest BCUT2D eigenvalue weighted by atomic mass is 10.2. The Balaban J connectivity index is 1.63. The van der Waals surface area contributed by atoms with Gasteiger partial charge in [0.2, 0.25) is 10.0 Å². The van der Waals surface area contributed by atoms with Gasteiger partial charge in [0.1, 0.15) is 10.6 Å². The van der Waals surface area contributed by atoms with Gasteiger partial charge in [-0.3, -0.25) is 4.79 Å². The molecule has 2 N–H and O–H groups in total. The molecule has 1 saturated heterocycles. The molecule has 7 nitrogen and oxygen atoms in total. The Labute approximate surface area is 161 Å². The molecule has 1 aliphatic heterocycles. The summed E-state index contributed by atoms with van der Waals surface area (Å²) in [5.74, 6) is 1.60. The van der Waals surface area contributed by atoms with Gasteiger partial charge in [0.15, 0.2) is 0 Å². The van der Waals surface area contributed by atoms with Gasteiger partial charge < -0.3 is 10.3 Å². The summed E-state index contributed by atoms with van der Waals surface area (Å²) in [6.07, 6.45) is 1.38. The zero-order valence-electron chi connectivity index (χ0n) is 14.7. The van der Waals surface area contributed by atoms with E-state index in [0.29, 0.717) is 25.6 Å². The highest BCUT2D eigenvalue weighted by molar-refractivity contribution is 7.99. The zero-order valence-corrected chi connectivity index (χ0v) is 17.1. The quantitative estimate of drug-likeness (QED) is 0.756. The Morgan fingerprint density at radius 2 is 2.12 bits per heavy atom. The molecule has 2 aromatic heterocycles. The fourth-order valence-corrected chi connectivity index (χ4v) is 5.93. The van der Waals surface area contributed by atoms with Crippen LogP contribution in [0.3, 0.4) is 0 Å². The van der Waals surface area contributed by atoms with E-state index in [0.717, 1.165) is 22.2 Å². The second-order valence-electron chi connectivity index (χ2n) is 6.28. The molecule has 3 rings (SSSR count). The summed E-state index contributed by atoms with van der Waals surface area (Å²) in [6.45, 7) is 5.46. The minimum absolute atomic E-state index is 0.130. The van der Waals surface area contributed by atoms with Gasteiger partial charge in [-0.25, -0.2) is 13.4 Å². The first-order valence-corrected chi connectivity index (χ1v) is 11.8. The number of H-pyrrole nitrogens is 1. The van der Waals surface area contributed by atoms with E-state index >= 15 is 0 Å². The third-order valence-corrected chi connectivity index (χ3v) is 8.02. The third kappa shape index (κ3) is 4.30. The highest BCUT2D eigenvalue weighted by Gasteiger charge is 2.27. The predicted octanol–water partition coefficient (Wildman–Crippen LogP) is 2.26. The summed E-state index contributed by atoms with van der Waals surface area (Å²) < 4.78 is 26.7. The molecule has 1 aliphatic rings. The molecule has 0 atom stereocenters. The van der Waals surface area contributed by atoms with Crippen LogP contribution in [0.25, 0.3) is 0 Å². The fraction of sp³-hybridized carbons (Fsp3) is 0.500. The summed E-state index contributed by atoms with van der Waals surface area (Å²) in [5.41, 5.74) is 1.03. The largest absolute Gasteiger partial charge is 0.356 e. The van der Waals surface area contributed by atoms with Crippen molar-refractivity contribution in [2.75, 3.05) is 24.6 Å². The molecular weight excluding hydrogens is 392 g/mol. The van der Waals surface area contributed by atoms with Crippen molar-refractivity contribution in [1.29, 1.82) is 0 Å². The second kappa shape index (κ2) is 8.12. The van der Waals surface area contributed by atoms with E-state index in [9.17, 15) is 13.2 Å². The molecule has 1 fully saturated rings. The SMILES string of the molecule is CC(C)c1nc(CNC(=O)c2cc(S(=O)(=O)N3CCSCC3)c[nH]2)cs1. The molecule has 0 saturated carbocycles. The molecule has 2 aromatic rings. The molecule has 142 valence electrons. The highest BCUT2D eigenvalue weighted by atomic mass is 32.2. The number of sulfonamides is 1. The summed E-state index contributed by atoms with van der Waals surface area (Å²) in [7, 11) is -3.55. The molecule has 26 heavy (non-hydrogen) atoms. The molecule has 0 bridgehead atoms. The Morgan fingerprint density at radius 3 is 2.77 bits per heavy atom. The summed E-state index contributed by atoms with van der Waals surface area (Å²) >= 11 is 3.32. The number of hydrogen-bond acceptors (Lipinski definition) is 6. The summed E-state index contributed by atoms with van der Waals surface area (Å²) in [6, 6.07) is 1.40. The van der Waals surface area contributed by atoms with Gasteiger partial charge in [-0.1, -0.05) is 13.8 Å². The van der Waals surface area contributed by atoms with E-state index in [1.165, 1.54) is 16.6 Å². The molecular formula is C16H22N4O3S3. The minimum atomic E-state index is -3.55. The maximum Gasteiger partial charge on any atom is 0.268 e. The Hall–Kier alpha value is -1.36. The van der Waals surface area contributed by atoms with Crippen LogP contribution >= 0.6 is 23.1 Å². The van der Waals surface area contributed by atoms with Crippen LogP contribution in [0.4, 0.5) is 0 Å². The molecule has 1 amide bonds. The van der Waals surface area contributed by atoms with Crippen molar-refractivity contribution in [1.82, 2.24) is 19.6 Å². The average molecular weight is 415 g/mol. The number of aromatic nitrogens is 2. The maximum absolute atomic E-state index is 12.6. The lowest BCUT2D eigenvalue weighted by molar-refractivity contribution is 0.0946. The van der Waals surface area contributed by atoms with E-state index < -0.39 is 10.0 Å². The van der Waals surface area contributed by atoms with E-state index in [4.69, 9.17) is 0 Å². The van der Waals surface area contributed by atoms with Crippen molar-refractivity contribution in [3.63, 3.8) is 0 Å². The smallest absolute Gasteiger partial charge is 0.268 e. The second-order valence-corrected chi connectivity index (χ2v) is 10.3. The van der Waals surface area contributed by atoms with E-state index in [1.54, 1.807) is 23.1 Å². The van der Waals surface area contributed by atoms with Crippen LogP contribution in [0, 0.1) is 0 Å². The average Bonchev–Trinajstić information content (AvgIpc) is 3.30. The highest BCUT2D eigenvalue weighted by Crippen LogP contribution is 2.21. The molecule has 3 heterocycles. The fourth-order valence-electron chi connectivity index (χ4n) is 2.53. The topological polar surface area (TPSA) is 95.2 Å². The number of carbonyl (C=O) groups excluding carboxylic acids is 1. The predicted molar refractivity (Wildman–Crippen MR) is 104 cm³/mol. The van der Waals surface area contributed by atoms with Crippen molar-refractivity contribution in [2.45, 2.75) is 31.2 Å². The number of thioether (sulfide) groups is 1. The Bertz CT molecular complexity index is 867. The molecule has 0 radical (unpaired) electrons. The van der Waals surface area contributed by atoms with Crippen LogP contribution in [0.15, 0.2) is 22.5 Å². The van der Waals surface area contributed by atoms with Crippen LogP contribution < -0.4 is 5.32 Å². The Morgan fingerprint density at radius 1 is 1.38 bits per heavy atom. The van der Waals surface area contributed by atoms with Crippen LogP contribution in [0.2, 0.25) is 0 Å². The lowest BCUT2D eigenvalue weighted by Gasteiger charge is -2.24. The molecule has 10 heteroatoms. The van der Waals surface area contributed by atoms with Gasteiger partial charge in [0, 0.05) is 42.1 Å². The van der Waals surface area contributed by atoms with Crippen molar-refractivity contribution < 1.29 is 13.2 Å². The third-order valence-electron chi connectivity index (χ3n) is 4.00. The first-order chi connectivity index (χ1) is 12.4. The number of nitrogens with zero attached hydrogens (tertiary/aromatic N) is 2. The van der Waals surface area contributed by atoms with E-state index in [1.807, 2.05) is 5.38 Å². The van der Waals surface area contributed by atoms with Crippen molar-refractivity contribution >= 4 is 39.0 Å². The number of rotatable bonds is 6. The normalized spacial score (nSPS) is 16.1. The van der Waals surface area contributed by atoms with E-state index in [-0.39, 0.29) is 16.5 Å². The number of nitrogens with one attached hydrogen (secondary N) is 2. The van der Waals surface area contributed by atoms with Crippen molar-refractivity contribution in [2.24, 2.45) is 0 Å². The molecule has 0 aliphatic carbocycles. The first-order valence-electron chi connectivity index (χ1n) is 8.36. The van der Waals surface area contributed by atoms with Crippen molar-refractivity contribution in [3.05, 3.63) is 34.0 Å². The number of carbonyl (C=O) groups is 1. The number of amides is 1. The first kappa shape index (κ1) is 19.4. The zero-order chi connectivity index (χ0) is 18.7.